The molecule has 0 aromatic heterocycles. The highest BCUT2D eigenvalue weighted by Crippen LogP contribution is 2.43. The largest absolute Gasteiger partial charge is 0.481 e. The van der Waals surface area contributed by atoms with Crippen LogP contribution in [0, 0.1) is 0 Å². The molecule has 2 aliphatic heterocycles. The average molecular weight is 695 g/mol. The van der Waals surface area contributed by atoms with E-state index in [0.29, 0.717) is 30.3 Å². The predicted molar refractivity (Wildman–Crippen MR) is 175 cm³/mol. The maximum Gasteiger partial charge on any atom is 0.328 e. The maximum absolute atomic E-state index is 9.55. The highest BCUT2D eigenvalue weighted by atomic mass is 35.5. The molecular weight excluding hydrogens is 656 g/mol. The smallest absolute Gasteiger partial charge is 0.328 e. The van der Waals surface area contributed by atoms with E-state index in [-0.39, 0.29) is 13.0 Å². The molecule has 0 amide bonds. The van der Waals surface area contributed by atoms with E-state index in [1.807, 2.05) is 17.8 Å². The molecule has 2 heterocycles. The predicted octanol–water partition coefficient (Wildman–Crippen LogP) is 3.99. The summed E-state index contributed by atoms with van der Waals surface area (Å²) in [6, 6.07) is 15.5. The first-order chi connectivity index (χ1) is 22.3. The second-order valence-electron chi connectivity index (χ2n) is 9.83. The van der Waals surface area contributed by atoms with E-state index in [9.17, 15) is 24.0 Å². The third-order valence-corrected chi connectivity index (χ3v) is 7.90. The van der Waals surface area contributed by atoms with Crippen molar-refractivity contribution >= 4 is 53.2 Å². The van der Waals surface area contributed by atoms with E-state index in [4.69, 9.17) is 42.2 Å². The van der Waals surface area contributed by atoms with Crippen LogP contribution in [0.3, 0.4) is 0 Å². The van der Waals surface area contributed by atoms with E-state index in [0.717, 1.165) is 50.6 Å². The number of hydrogen-bond acceptors (Lipinski definition) is 9. The number of aliphatic hydroxyl groups excluding tert-OH is 1. The number of rotatable bonds is 9. The van der Waals surface area contributed by atoms with Crippen LogP contribution in [0.25, 0.3) is 0 Å². The summed E-state index contributed by atoms with van der Waals surface area (Å²) < 4.78 is 0. The molecular formula is C32H39ClN2O11S. The molecule has 1 saturated heterocycles. The fourth-order valence-corrected chi connectivity index (χ4v) is 5.58. The summed E-state index contributed by atoms with van der Waals surface area (Å²) in [7, 11) is 0. The molecule has 256 valence electrons. The molecule has 0 spiro atoms. The first kappa shape index (κ1) is 40.8. The van der Waals surface area contributed by atoms with Gasteiger partial charge in [-0.3, -0.25) is 9.69 Å². The number of benzene rings is 2. The molecule has 1 atom stereocenters. The van der Waals surface area contributed by atoms with E-state index in [1.54, 1.807) is 6.92 Å². The monoisotopic (exact) mass is 694 g/mol. The van der Waals surface area contributed by atoms with Gasteiger partial charge in [-0.1, -0.05) is 48.5 Å². The van der Waals surface area contributed by atoms with E-state index in [2.05, 4.69) is 46.2 Å². The lowest BCUT2D eigenvalue weighted by atomic mass is 9.96. The minimum atomic E-state index is -1.26. The Kier molecular flexibility index (Phi) is 19.4. The Morgan fingerprint density at radius 3 is 1.79 bits per heavy atom. The van der Waals surface area contributed by atoms with Crippen LogP contribution < -0.4 is 0 Å². The van der Waals surface area contributed by atoms with E-state index in [1.165, 1.54) is 20.9 Å². The van der Waals surface area contributed by atoms with Gasteiger partial charge < -0.3 is 35.5 Å². The van der Waals surface area contributed by atoms with Gasteiger partial charge in [-0.25, -0.2) is 19.2 Å². The van der Waals surface area contributed by atoms with Crippen molar-refractivity contribution < 1.29 is 54.6 Å². The van der Waals surface area contributed by atoms with Gasteiger partial charge in [0.25, 0.3) is 0 Å². The number of carboxylic acids is 5. The van der Waals surface area contributed by atoms with Gasteiger partial charge in [0.05, 0.1) is 0 Å². The Morgan fingerprint density at radius 2 is 1.32 bits per heavy atom. The normalized spacial score (nSPS) is 15.7. The Balaban J connectivity index is 0.000000431. The van der Waals surface area contributed by atoms with Crippen molar-refractivity contribution in [3.63, 3.8) is 0 Å². The molecule has 15 heteroatoms. The zero-order chi connectivity index (χ0) is 35.4. The molecule has 0 saturated carbocycles. The van der Waals surface area contributed by atoms with Crippen LogP contribution in [0.4, 0.5) is 0 Å². The maximum atomic E-state index is 9.55. The zero-order valence-electron chi connectivity index (χ0n) is 25.7. The van der Waals surface area contributed by atoms with Gasteiger partial charge in [0.2, 0.25) is 0 Å². The molecule has 4 rings (SSSR count). The van der Waals surface area contributed by atoms with Gasteiger partial charge >= 0.3 is 29.8 Å². The third kappa shape index (κ3) is 17.3. The SMILES string of the molecule is CCC(=O)O.O=C(O)/C=C\C(=O)O.O=C(O)/C=C\C(=O)O.OCCCN1CCN(C2Cc3ccccc3Sc3ccc(Cl)cc32)CC1. The molecule has 2 aromatic carbocycles. The van der Waals surface area contributed by atoms with E-state index >= 15 is 0 Å². The first-order valence-corrected chi connectivity index (χ1v) is 15.6. The number of fused-ring (bicyclic) bond motifs is 2. The summed E-state index contributed by atoms with van der Waals surface area (Å²) in [5.41, 5.74) is 2.79. The molecule has 0 radical (unpaired) electrons. The van der Waals surface area contributed by atoms with Crippen LogP contribution in [-0.4, -0.2) is 110 Å². The summed E-state index contributed by atoms with van der Waals surface area (Å²) in [6.45, 7) is 7.15. The molecule has 2 aromatic rings. The van der Waals surface area contributed by atoms with Gasteiger partial charge in [-0.15, -0.1) is 0 Å². The molecule has 6 N–H and O–H groups in total. The van der Waals surface area contributed by atoms with Crippen molar-refractivity contribution in [3.8, 4) is 0 Å². The second kappa shape index (κ2) is 22.3. The summed E-state index contributed by atoms with van der Waals surface area (Å²) in [4.78, 5) is 55.4. The summed E-state index contributed by atoms with van der Waals surface area (Å²) in [5.74, 6) is -5.77. The van der Waals surface area contributed by atoms with Gasteiger partial charge in [0.15, 0.2) is 0 Å². The van der Waals surface area contributed by atoms with Gasteiger partial charge in [-0.2, -0.15) is 0 Å². The number of carbonyl (C=O) groups is 5. The molecule has 0 bridgehead atoms. The van der Waals surface area contributed by atoms with Gasteiger partial charge in [0.1, 0.15) is 0 Å². The zero-order valence-corrected chi connectivity index (χ0v) is 27.3. The Morgan fingerprint density at radius 1 is 0.809 bits per heavy atom. The van der Waals surface area contributed by atoms with Gasteiger partial charge in [0, 0.05) is 90.9 Å². The topological polar surface area (TPSA) is 213 Å². The van der Waals surface area contributed by atoms with Crippen molar-refractivity contribution in [1.29, 1.82) is 0 Å². The van der Waals surface area contributed by atoms with Crippen LogP contribution in [0.2, 0.25) is 5.02 Å². The number of carboxylic acid groups (broad SMARTS) is 5. The van der Waals surface area contributed by atoms with Crippen LogP contribution in [0.1, 0.15) is 36.9 Å². The summed E-state index contributed by atoms with van der Waals surface area (Å²) in [6.07, 6.45) is 4.36. The number of halogens is 1. The fraction of sp³-hybridized carbons (Fsp3) is 0.344. The Bertz CT molecular complexity index is 1340. The molecule has 1 unspecified atom stereocenters. The molecule has 47 heavy (non-hydrogen) atoms. The number of aliphatic hydroxyl groups is 1. The Labute approximate surface area is 281 Å². The minimum Gasteiger partial charge on any atom is -0.481 e. The summed E-state index contributed by atoms with van der Waals surface area (Å²) in [5, 5.41) is 48.9. The lowest BCUT2D eigenvalue weighted by Gasteiger charge is -2.39. The van der Waals surface area contributed by atoms with Crippen molar-refractivity contribution in [2.45, 2.75) is 42.0 Å². The standard InChI is InChI=1S/C21H25ClN2OS.2C4H4O4.C3H6O2/c22-17-6-7-21-18(15-17)19(14-16-4-1-2-5-20(16)26-21)24-11-9-23(10-12-24)8-3-13-25;2*5-3(6)1-2-4(7)8;1-2-3(4)5/h1-2,4-7,15,19,25H,3,8-14H2;2*1-2H,(H,5,6)(H,7,8);2H2,1H3,(H,4,5)/b;2*2-1-;. The first-order valence-electron chi connectivity index (χ1n) is 14.4. The molecule has 2 aliphatic rings. The van der Waals surface area contributed by atoms with Crippen LogP contribution in [-0.2, 0) is 30.4 Å². The number of nitrogens with zero attached hydrogens (tertiary/aromatic N) is 2. The lowest BCUT2D eigenvalue weighted by Crippen LogP contribution is -2.48. The van der Waals surface area contributed by atoms with Crippen molar-refractivity contribution in [3.05, 3.63) is 82.9 Å². The lowest BCUT2D eigenvalue weighted by molar-refractivity contribution is -0.137. The number of hydrogen-bond donors (Lipinski definition) is 6. The number of aliphatic carboxylic acids is 5. The van der Waals surface area contributed by atoms with Crippen LogP contribution >= 0.6 is 23.4 Å². The van der Waals surface area contributed by atoms with Gasteiger partial charge in [-0.05, 0) is 48.2 Å². The highest BCUT2D eigenvalue weighted by molar-refractivity contribution is 7.99. The van der Waals surface area contributed by atoms with Crippen molar-refractivity contribution in [2.24, 2.45) is 0 Å². The Hall–Kier alpha value is -4.21. The van der Waals surface area contributed by atoms with E-state index < -0.39 is 29.8 Å². The third-order valence-electron chi connectivity index (χ3n) is 6.46. The number of piperazine rings is 1. The average Bonchev–Trinajstić information content (AvgIpc) is 3.19. The summed E-state index contributed by atoms with van der Waals surface area (Å²) >= 11 is 8.23. The van der Waals surface area contributed by atoms with Crippen molar-refractivity contribution in [2.75, 3.05) is 39.3 Å². The van der Waals surface area contributed by atoms with Crippen LogP contribution in [0.15, 0.2) is 76.6 Å². The van der Waals surface area contributed by atoms with Crippen molar-refractivity contribution in [1.82, 2.24) is 9.80 Å². The molecule has 0 aliphatic carbocycles. The highest BCUT2D eigenvalue weighted by Gasteiger charge is 2.30. The fourth-order valence-electron chi connectivity index (χ4n) is 4.29. The molecule has 13 nitrogen and oxygen atoms in total. The molecule has 1 fully saturated rings. The second-order valence-corrected chi connectivity index (χ2v) is 11.4. The quantitative estimate of drug-likeness (QED) is 0.205. The minimum absolute atomic E-state index is 0.222. The van der Waals surface area contributed by atoms with Crippen LogP contribution in [0.5, 0.6) is 0 Å².